The van der Waals surface area contributed by atoms with Gasteiger partial charge in [0, 0.05) is 25.4 Å². The fourth-order valence-electron chi connectivity index (χ4n) is 1.96. The van der Waals surface area contributed by atoms with Crippen molar-refractivity contribution in [2.24, 2.45) is 0 Å². The Labute approximate surface area is 95.9 Å². The number of nitrogens with zero attached hydrogens (tertiary/aromatic N) is 1. The molecule has 1 aliphatic heterocycles. The van der Waals surface area contributed by atoms with Gasteiger partial charge in [-0.2, -0.15) is 0 Å². The van der Waals surface area contributed by atoms with E-state index in [9.17, 15) is 0 Å². The lowest BCUT2D eigenvalue weighted by Gasteiger charge is -2.26. The van der Waals surface area contributed by atoms with Crippen LogP contribution in [0.15, 0.2) is 18.2 Å². The van der Waals surface area contributed by atoms with Gasteiger partial charge in [-0.25, -0.2) is 0 Å². The molecule has 1 aliphatic rings. The number of benzene rings is 1. The minimum absolute atomic E-state index is 0.452. The summed E-state index contributed by atoms with van der Waals surface area (Å²) < 4.78 is 10.6. The average Bonchev–Trinajstić information content (AvgIpc) is 2.82. The van der Waals surface area contributed by atoms with Gasteiger partial charge in [0.25, 0.3) is 0 Å². The maximum Gasteiger partial charge on any atom is 0.143 e. The summed E-state index contributed by atoms with van der Waals surface area (Å²) in [6.45, 7) is 1.64. The third-order valence-electron chi connectivity index (χ3n) is 3.08. The highest BCUT2D eigenvalue weighted by Crippen LogP contribution is 2.28. The Kier molecular flexibility index (Phi) is 3.19. The standard InChI is InChI=1S/C12H18N2O2/c1-14(10-5-6-16-8-10)9-3-4-11(13)12(7-9)15-2/h3-4,7,10H,5-6,8,13H2,1-2H3. The molecule has 0 spiro atoms. The smallest absolute Gasteiger partial charge is 0.143 e. The molecule has 0 bridgehead atoms. The van der Waals surface area contributed by atoms with E-state index in [2.05, 4.69) is 11.9 Å². The maximum absolute atomic E-state index is 5.79. The van der Waals surface area contributed by atoms with Crippen LogP contribution in [0.2, 0.25) is 0 Å². The maximum atomic E-state index is 5.79. The third-order valence-corrected chi connectivity index (χ3v) is 3.08. The predicted octanol–water partition coefficient (Wildman–Crippen LogP) is 1.50. The first-order chi connectivity index (χ1) is 7.72. The van der Waals surface area contributed by atoms with E-state index >= 15 is 0 Å². The average molecular weight is 222 g/mol. The van der Waals surface area contributed by atoms with Crippen LogP contribution in [0.25, 0.3) is 0 Å². The molecule has 1 heterocycles. The van der Waals surface area contributed by atoms with E-state index in [1.807, 2.05) is 18.2 Å². The molecule has 0 aromatic heterocycles. The number of hydrogen-bond acceptors (Lipinski definition) is 4. The molecule has 2 rings (SSSR count). The second-order valence-electron chi connectivity index (χ2n) is 4.05. The minimum Gasteiger partial charge on any atom is -0.495 e. The Hall–Kier alpha value is -1.42. The molecule has 88 valence electrons. The highest BCUT2D eigenvalue weighted by molar-refractivity contribution is 5.62. The van der Waals surface area contributed by atoms with Crippen LogP contribution in [0.5, 0.6) is 5.75 Å². The fraction of sp³-hybridized carbons (Fsp3) is 0.500. The summed E-state index contributed by atoms with van der Waals surface area (Å²) in [5.41, 5.74) is 7.57. The van der Waals surface area contributed by atoms with Crippen molar-refractivity contribution in [2.75, 3.05) is 38.0 Å². The van der Waals surface area contributed by atoms with Crippen molar-refractivity contribution in [3.63, 3.8) is 0 Å². The van der Waals surface area contributed by atoms with Gasteiger partial charge in [0.15, 0.2) is 0 Å². The van der Waals surface area contributed by atoms with E-state index in [0.717, 1.165) is 31.1 Å². The van der Waals surface area contributed by atoms with Gasteiger partial charge in [0.05, 0.1) is 25.4 Å². The second-order valence-corrected chi connectivity index (χ2v) is 4.05. The van der Waals surface area contributed by atoms with Crippen LogP contribution < -0.4 is 15.4 Å². The number of methoxy groups -OCH3 is 1. The summed E-state index contributed by atoms with van der Waals surface area (Å²) in [4.78, 5) is 2.22. The molecule has 1 atom stereocenters. The largest absolute Gasteiger partial charge is 0.495 e. The molecule has 1 unspecified atom stereocenters. The number of nitrogen functional groups attached to an aromatic ring is 1. The molecule has 0 saturated carbocycles. The fourth-order valence-corrected chi connectivity index (χ4v) is 1.96. The monoisotopic (exact) mass is 222 g/mol. The third kappa shape index (κ3) is 2.07. The van der Waals surface area contributed by atoms with Crippen molar-refractivity contribution >= 4 is 11.4 Å². The summed E-state index contributed by atoms with van der Waals surface area (Å²) in [5, 5.41) is 0. The molecular formula is C12H18N2O2. The van der Waals surface area contributed by atoms with Crippen LogP contribution in [0, 0.1) is 0 Å². The summed E-state index contributed by atoms with van der Waals surface area (Å²) >= 11 is 0. The van der Waals surface area contributed by atoms with E-state index < -0.39 is 0 Å². The second kappa shape index (κ2) is 4.61. The van der Waals surface area contributed by atoms with Gasteiger partial charge in [-0.1, -0.05) is 0 Å². The summed E-state index contributed by atoms with van der Waals surface area (Å²) in [5.74, 6) is 0.725. The first kappa shape index (κ1) is 11.1. The van der Waals surface area contributed by atoms with Gasteiger partial charge >= 0.3 is 0 Å². The van der Waals surface area contributed by atoms with Crippen molar-refractivity contribution in [1.82, 2.24) is 0 Å². The molecule has 2 N–H and O–H groups in total. The van der Waals surface area contributed by atoms with Crippen LogP contribution >= 0.6 is 0 Å². The van der Waals surface area contributed by atoms with Gasteiger partial charge in [0.1, 0.15) is 5.75 Å². The Balaban J connectivity index is 2.19. The highest BCUT2D eigenvalue weighted by atomic mass is 16.5. The van der Waals surface area contributed by atoms with Crippen molar-refractivity contribution in [3.8, 4) is 5.75 Å². The Morgan fingerprint density at radius 2 is 2.31 bits per heavy atom. The van der Waals surface area contributed by atoms with Gasteiger partial charge in [-0.15, -0.1) is 0 Å². The van der Waals surface area contributed by atoms with Gasteiger partial charge in [0.2, 0.25) is 0 Å². The number of rotatable bonds is 3. The van der Waals surface area contributed by atoms with Gasteiger partial charge in [-0.3, -0.25) is 0 Å². The van der Waals surface area contributed by atoms with Crippen LogP contribution in [-0.2, 0) is 4.74 Å². The highest BCUT2D eigenvalue weighted by Gasteiger charge is 2.20. The van der Waals surface area contributed by atoms with Crippen LogP contribution in [0.1, 0.15) is 6.42 Å². The molecule has 1 saturated heterocycles. The lowest BCUT2D eigenvalue weighted by Crippen LogP contribution is -2.31. The number of hydrogen-bond donors (Lipinski definition) is 1. The lowest BCUT2D eigenvalue weighted by molar-refractivity contribution is 0.193. The van der Waals surface area contributed by atoms with Crippen LogP contribution in [-0.4, -0.2) is 33.4 Å². The molecule has 4 heteroatoms. The van der Waals surface area contributed by atoms with E-state index in [1.165, 1.54) is 0 Å². The van der Waals surface area contributed by atoms with Crippen molar-refractivity contribution in [2.45, 2.75) is 12.5 Å². The zero-order chi connectivity index (χ0) is 11.5. The Morgan fingerprint density at radius 3 is 2.94 bits per heavy atom. The topological polar surface area (TPSA) is 47.7 Å². The van der Waals surface area contributed by atoms with E-state index in [1.54, 1.807) is 7.11 Å². The molecule has 1 aromatic carbocycles. The summed E-state index contributed by atoms with van der Waals surface area (Å²) in [7, 11) is 3.71. The van der Waals surface area contributed by atoms with Crippen molar-refractivity contribution in [1.29, 1.82) is 0 Å². The SMILES string of the molecule is COc1cc(N(C)C2CCOC2)ccc1N. The van der Waals surface area contributed by atoms with Crippen LogP contribution in [0.3, 0.4) is 0 Å². The van der Waals surface area contributed by atoms with E-state index in [0.29, 0.717) is 11.7 Å². The Morgan fingerprint density at radius 1 is 1.50 bits per heavy atom. The normalized spacial score (nSPS) is 19.8. The predicted molar refractivity (Wildman–Crippen MR) is 65.0 cm³/mol. The number of anilines is 2. The molecule has 0 aliphatic carbocycles. The van der Waals surface area contributed by atoms with E-state index in [-0.39, 0.29) is 0 Å². The minimum atomic E-state index is 0.452. The zero-order valence-electron chi connectivity index (χ0n) is 9.77. The number of likely N-dealkylation sites (N-methyl/N-ethyl adjacent to an activating group) is 1. The lowest BCUT2D eigenvalue weighted by atomic mass is 10.2. The van der Waals surface area contributed by atoms with Gasteiger partial charge < -0.3 is 20.1 Å². The Bertz CT molecular complexity index is 362. The summed E-state index contributed by atoms with van der Waals surface area (Å²) in [6, 6.07) is 6.30. The molecule has 1 fully saturated rings. The molecule has 0 radical (unpaired) electrons. The number of ether oxygens (including phenoxy) is 2. The van der Waals surface area contributed by atoms with Crippen molar-refractivity contribution in [3.05, 3.63) is 18.2 Å². The molecule has 0 amide bonds. The zero-order valence-corrected chi connectivity index (χ0v) is 9.77. The molecular weight excluding hydrogens is 204 g/mol. The molecule has 1 aromatic rings. The molecule has 16 heavy (non-hydrogen) atoms. The van der Waals surface area contributed by atoms with E-state index in [4.69, 9.17) is 15.2 Å². The van der Waals surface area contributed by atoms with Gasteiger partial charge in [-0.05, 0) is 18.6 Å². The first-order valence-electron chi connectivity index (χ1n) is 5.46. The molecule has 4 nitrogen and oxygen atoms in total. The number of nitrogens with two attached hydrogens (primary N) is 1. The first-order valence-corrected chi connectivity index (χ1v) is 5.46. The summed E-state index contributed by atoms with van der Waals surface area (Å²) in [6.07, 6.45) is 1.07. The van der Waals surface area contributed by atoms with Crippen molar-refractivity contribution < 1.29 is 9.47 Å². The quantitative estimate of drug-likeness (QED) is 0.787. The van der Waals surface area contributed by atoms with Crippen LogP contribution in [0.4, 0.5) is 11.4 Å².